The number of carbonyl (C=O) groups excluding carboxylic acids is 2. The Bertz CT molecular complexity index is 361. The van der Waals surface area contributed by atoms with Crippen LogP contribution in [0.2, 0.25) is 0 Å². The summed E-state index contributed by atoms with van der Waals surface area (Å²) < 4.78 is 9.97. The third-order valence-corrected chi connectivity index (χ3v) is 2.23. The molecule has 0 amide bonds. The van der Waals surface area contributed by atoms with Crippen LogP contribution in [0.1, 0.15) is 47.4 Å². The van der Waals surface area contributed by atoms with E-state index in [0.717, 1.165) is 12.8 Å². The molecule has 5 heteroatoms. The zero-order valence-corrected chi connectivity index (χ0v) is 10.8. The minimum atomic E-state index is -0.370. The first kappa shape index (κ1) is 18.7. The Morgan fingerprint density at radius 3 is 1.42 bits per heavy atom. The molecule has 0 atom stereocenters. The maximum absolute atomic E-state index is 11.5. The van der Waals surface area contributed by atoms with Gasteiger partial charge in [0, 0.05) is 0 Å². The Morgan fingerprint density at radius 1 is 0.842 bits per heavy atom. The molecule has 0 aromatic heterocycles. The van der Waals surface area contributed by atoms with Gasteiger partial charge in [0.05, 0.1) is 24.3 Å². The van der Waals surface area contributed by atoms with Gasteiger partial charge in [0.2, 0.25) is 0 Å². The molecule has 1 aromatic carbocycles. The van der Waals surface area contributed by atoms with Crippen molar-refractivity contribution in [2.75, 3.05) is 13.2 Å². The van der Waals surface area contributed by atoms with Crippen molar-refractivity contribution in [3.63, 3.8) is 0 Å². The standard InChI is InChI=1S/C14H18O4.Ba.2H/c1-3-9-17-13(15)11-5-7-12(8-6-11)14(16)18-10-4-2;;;/h5-8H,3-4,9-10H2,1-2H3;;;. The fourth-order valence-corrected chi connectivity index (χ4v) is 1.30. The molecule has 0 radical (unpaired) electrons. The maximum atomic E-state index is 11.5. The van der Waals surface area contributed by atoms with Gasteiger partial charge in [-0.1, -0.05) is 13.8 Å². The molecule has 0 saturated carbocycles. The SMILES string of the molecule is CCCOC(=O)c1ccc(C(=O)OCCC)cc1.[BaH2]. The predicted octanol–water partition coefficient (Wildman–Crippen LogP) is 1.90. The molecule has 0 spiro atoms. The summed E-state index contributed by atoms with van der Waals surface area (Å²) in [6.07, 6.45) is 1.57. The molecule has 0 N–H and O–H groups in total. The Labute approximate surface area is 153 Å². The van der Waals surface area contributed by atoms with Gasteiger partial charge >= 0.3 is 60.8 Å². The summed E-state index contributed by atoms with van der Waals surface area (Å²) in [6, 6.07) is 6.28. The monoisotopic (exact) mass is 390 g/mol. The summed E-state index contributed by atoms with van der Waals surface area (Å²) >= 11 is 0. The zero-order chi connectivity index (χ0) is 13.4. The van der Waals surface area contributed by atoms with Crippen molar-refractivity contribution in [3.8, 4) is 0 Å². The van der Waals surface area contributed by atoms with Gasteiger partial charge in [0.15, 0.2) is 0 Å². The van der Waals surface area contributed by atoms with E-state index in [1.807, 2.05) is 13.8 Å². The molecule has 0 aliphatic carbocycles. The Morgan fingerprint density at radius 2 is 1.16 bits per heavy atom. The third-order valence-electron chi connectivity index (χ3n) is 2.23. The number of hydrogen-bond donors (Lipinski definition) is 0. The summed E-state index contributed by atoms with van der Waals surface area (Å²) in [5, 5.41) is 0. The van der Waals surface area contributed by atoms with E-state index in [1.54, 1.807) is 24.3 Å². The summed E-state index contributed by atoms with van der Waals surface area (Å²) in [7, 11) is 0. The topological polar surface area (TPSA) is 52.6 Å². The zero-order valence-electron chi connectivity index (χ0n) is 10.8. The van der Waals surface area contributed by atoms with Crippen LogP contribution in [0.3, 0.4) is 0 Å². The number of ether oxygens (including phenoxy) is 2. The summed E-state index contributed by atoms with van der Waals surface area (Å²) in [5.74, 6) is -0.740. The van der Waals surface area contributed by atoms with E-state index < -0.39 is 0 Å². The molecule has 19 heavy (non-hydrogen) atoms. The van der Waals surface area contributed by atoms with Gasteiger partial charge in [-0.15, -0.1) is 0 Å². The van der Waals surface area contributed by atoms with Gasteiger partial charge in [0.25, 0.3) is 0 Å². The number of hydrogen-bond acceptors (Lipinski definition) is 4. The van der Waals surface area contributed by atoms with Gasteiger partial charge in [-0.2, -0.15) is 0 Å². The van der Waals surface area contributed by atoms with E-state index in [0.29, 0.717) is 24.3 Å². The average Bonchev–Trinajstić information content (AvgIpc) is 2.42. The van der Waals surface area contributed by atoms with Crippen LogP contribution >= 0.6 is 0 Å². The number of carbonyl (C=O) groups is 2. The summed E-state index contributed by atoms with van der Waals surface area (Å²) in [4.78, 5) is 23.0. The van der Waals surface area contributed by atoms with Crippen molar-refractivity contribution in [2.24, 2.45) is 0 Å². The van der Waals surface area contributed by atoms with Crippen molar-refractivity contribution in [1.29, 1.82) is 0 Å². The van der Waals surface area contributed by atoms with E-state index in [9.17, 15) is 9.59 Å². The normalized spacial score (nSPS) is 9.37. The van der Waals surface area contributed by atoms with E-state index in [-0.39, 0.29) is 60.8 Å². The second-order valence-corrected chi connectivity index (χ2v) is 3.85. The van der Waals surface area contributed by atoms with Crippen molar-refractivity contribution in [1.82, 2.24) is 0 Å². The van der Waals surface area contributed by atoms with Crippen LogP contribution in [0, 0.1) is 0 Å². The molecule has 0 heterocycles. The van der Waals surface area contributed by atoms with Crippen LogP contribution in [0.25, 0.3) is 0 Å². The quantitative estimate of drug-likeness (QED) is 0.551. The second kappa shape index (κ2) is 10.5. The van der Waals surface area contributed by atoms with Gasteiger partial charge in [-0.25, -0.2) is 9.59 Å². The molecule has 0 fully saturated rings. The van der Waals surface area contributed by atoms with Crippen LogP contribution in [0.5, 0.6) is 0 Å². The van der Waals surface area contributed by atoms with Crippen LogP contribution < -0.4 is 0 Å². The Hall–Kier alpha value is -0.269. The number of benzene rings is 1. The van der Waals surface area contributed by atoms with Gasteiger partial charge in [-0.05, 0) is 37.1 Å². The van der Waals surface area contributed by atoms with Crippen LogP contribution in [-0.2, 0) is 9.47 Å². The van der Waals surface area contributed by atoms with Crippen molar-refractivity contribution in [3.05, 3.63) is 35.4 Å². The molecule has 0 aliphatic heterocycles. The Balaban J connectivity index is 0.00000324. The fraction of sp³-hybridized carbons (Fsp3) is 0.429. The van der Waals surface area contributed by atoms with Crippen LogP contribution in [0.4, 0.5) is 0 Å². The first-order chi connectivity index (χ1) is 8.69. The average molecular weight is 390 g/mol. The third kappa shape index (κ3) is 6.63. The molecular formula is C14H20BaO4. The Kier molecular flexibility index (Phi) is 10.4. The first-order valence-electron chi connectivity index (χ1n) is 6.13. The van der Waals surface area contributed by atoms with Crippen molar-refractivity contribution < 1.29 is 19.1 Å². The molecule has 102 valence electrons. The minimum absolute atomic E-state index is 0. The molecule has 0 saturated heterocycles. The number of esters is 2. The van der Waals surface area contributed by atoms with Crippen LogP contribution in [0.15, 0.2) is 24.3 Å². The van der Waals surface area contributed by atoms with Gasteiger partial charge in [-0.3, -0.25) is 0 Å². The molecule has 0 unspecified atom stereocenters. The molecule has 1 rings (SSSR count). The molecule has 0 bridgehead atoms. The van der Waals surface area contributed by atoms with E-state index in [2.05, 4.69) is 0 Å². The molecule has 0 aliphatic rings. The summed E-state index contributed by atoms with van der Waals surface area (Å²) in [5.41, 5.74) is 0.881. The van der Waals surface area contributed by atoms with Crippen LogP contribution in [-0.4, -0.2) is 74.0 Å². The predicted molar refractivity (Wildman–Crippen MR) is 76.1 cm³/mol. The fourth-order valence-electron chi connectivity index (χ4n) is 1.30. The van der Waals surface area contributed by atoms with Gasteiger partial charge < -0.3 is 9.47 Å². The van der Waals surface area contributed by atoms with E-state index >= 15 is 0 Å². The van der Waals surface area contributed by atoms with Crippen molar-refractivity contribution in [2.45, 2.75) is 26.7 Å². The molecule has 1 aromatic rings. The molecular weight excluding hydrogens is 369 g/mol. The molecule has 4 nitrogen and oxygen atoms in total. The number of rotatable bonds is 6. The van der Waals surface area contributed by atoms with E-state index in [4.69, 9.17) is 9.47 Å². The first-order valence-corrected chi connectivity index (χ1v) is 6.13. The van der Waals surface area contributed by atoms with Crippen molar-refractivity contribution >= 4 is 60.8 Å². The summed E-state index contributed by atoms with van der Waals surface area (Å²) in [6.45, 7) is 4.67. The second-order valence-electron chi connectivity index (χ2n) is 3.85. The van der Waals surface area contributed by atoms with Gasteiger partial charge in [0.1, 0.15) is 0 Å². The van der Waals surface area contributed by atoms with E-state index in [1.165, 1.54) is 0 Å².